The molecular weight excluding hydrogens is 202 g/mol. The lowest BCUT2D eigenvalue weighted by atomic mass is 10.1. The summed E-state index contributed by atoms with van der Waals surface area (Å²) in [5.41, 5.74) is 2.23. The SMILES string of the molecule is Cc1ccc(Cn2nc(C)n(C)c2=O)cc1. The summed E-state index contributed by atoms with van der Waals surface area (Å²) < 4.78 is 3.04. The lowest BCUT2D eigenvalue weighted by Gasteiger charge is -2.00. The summed E-state index contributed by atoms with van der Waals surface area (Å²) in [5, 5.41) is 4.19. The molecule has 0 unspecified atom stereocenters. The molecule has 0 spiro atoms. The molecule has 1 aromatic carbocycles. The van der Waals surface area contributed by atoms with E-state index in [0.717, 1.165) is 11.4 Å². The minimum absolute atomic E-state index is 0.0712. The van der Waals surface area contributed by atoms with Crippen molar-refractivity contribution in [3.63, 3.8) is 0 Å². The number of aromatic nitrogens is 3. The number of benzene rings is 1. The van der Waals surface area contributed by atoms with Gasteiger partial charge in [0.1, 0.15) is 5.82 Å². The molecule has 0 amide bonds. The van der Waals surface area contributed by atoms with Crippen LogP contribution in [0.2, 0.25) is 0 Å². The lowest BCUT2D eigenvalue weighted by molar-refractivity contribution is 0.645. The van der Waals surface area contributed by atoms with Crippen LogP contribution in [0.15, 0.2) is 29.1 Å². The summed E-state index contributed by atoms with van der Waals surface area (Å²) in [7, 11) is 1.73. The predicted octanol–water partition coefficient (Wildman–Crippen LogP) is 1.25. The third-order valence-corrected chi connectivity index (χ3v) is 2.71. The van der Waals surface area contributed by atoms with E-state index < -0.39 is 0 Å². The Morgan fingerprint density at radius 3 is 2.31 bits per heavy atom. The van der Waals surface area contributed by atoms with E-state index in [2.05, 4.69) is 5.10 Å². The molecule has 2 aromatic rings. The van der Waals surface area contributed by atoms with E-state index in [4.69, 9.17) is 0 Å². The zero-order chi connectivity index (χ0) is 11.7. The summed E-state index contributed by atoms with van der Waals surface area (Å²) in [4.78, 5) is 11.7. The lowest BCUT2D eigenvalue weighted by Crippen LogP contribution is -2.23. The second kappa shape index (κ2) is 3.96. The molecule has 84 valence electrons. The number of nitrogens with zero attached hydrogens (tertiary/aromatic N) is 3. The average Bonchev–Trinajstić information content (AvgIpc) is 2.50. The van der Waals surface area contributed by atoms with Crippen LogP contribution in [0.5, 0.6) is 0 Å². The second-order valence-electron chi connectivity index (χ2n) is 4.03. The fraction of sp³-hybridized carbons (Fsp3) is 0.333. The Labute approximate surface area is 94.1 Å². The van der Waals surface area contributed by atoms with Crippen LogP contribution in [0.1, 0.15) is 17.0 Å². The van der Waals surface area contributed by atoms with Crippen LogP contribution in [-0.2, 0) is 13.6 Å². The van der Waals surface area contributed by atoms with Crippen molar-refractivity contribution in [3.05, 3.63) is 51.7 Å². The first-order chi connectivity index (χ1) is 7.58. The second-order valence-corrected chi connectivity index (χ2v) is 4.03. The summed E-state index contributed by atoms with van der Waals surface area (Å²) in [6.45, 7) is 4.40. The molecule has 0 saturated carbocycles. The Morgan fingerprint density at radius 1 is 1.19 bits per heavy atom. The molecule has 0 N–H and O–H groups in total. The van der Waals surface area contributed by atoms with Crippen molar-refractivity contribution in [2.45, 2.75) is 20.4 Å². The zero-order valence-corrected chi connectivity index (χ0v) is 9.77. The Balaban J connectivity index is 2.30. The van der Waals surface area contributed by atoms with Gasteiger partial charge in [0.2, 0.25) is 0 Å². The van der Waals surface area contributed by atoms with E-state index in [1.165, 1.54) is 10.2 Å². The van der Waals surface area contributed by atoms with Crippen molar-refractivity contribution in [2.24, 2.45) is 7.05 Å². The number of hydrogen-bond donors (Lipinski definition) is 0. The first-order valence-corrected chi connectivity index (χ1v) is 5.24. The van der Waals surface area contributed by atoms with Gasteiger partial charge < -0.3 is 0 Å². The molecule has 0 atom stereocenters. The Hall–Kier alpha value is -1.84. The van der Waals surface area contributed by atoms with Gasteiger partial charge in [-0.05, 0) is 19.4 Å². The molecule has 0 fully saturated rings. The fourth-order valence-electron chi connectivity index (χ4n) is 1.57. The van der Waals surface area contributed by atoms with E-state index in [9.17, 15) is 4.79 Å². The third-order valence-electron chi connectivity index (χ3n) is 2.71. The van der Waals surface area contributed by atoms with Crippen molar-refractivity contribution in [3.8, 4) is 0 Å². The predicted molar refractivity (Wildman–Crippen MR) is 62.5 cm³/mol. The van der Waals surface area contributed by atoms with Crippen molar-refractivity contribution in [2.75, 3.05) is 0 Å². The monoisotopic (exact) mass is 217 g/mol. The van der Waals surface area contributed by atoms with Gasteiger partial charge in [0.05, 0.1) is 6.54 Å². The van der Waals surface area contributed by atoms with Gasteiger partial charge in [-0.15, -0.1) is 0 Å². The van der Waals surface area contributed by atoms with Gasteiger partial charge in [0.25, 0.3) is 0 Å². The van der Waals surface area contributed by atoms with E-state index in [0.29, 0.717) is 6.54 Å². The van der Waals surface area contributed by atoms with Crippen LogP contribution in [0.3, 0.4) is 0 Å². The molecule has 4 nitrogen and oxygen atoms in total. The Kier molecular flexibility index (Phi) is 2.64. The smallest absolute Gasteiger partial charge is 0.282 e. The largest absolute Gasteiger partial charge is 0.345 e. The van der Waals surface area contributed by atoms with Crippen LogP contribution < -0.4 is 5.69 Å². The van der Waals surface area contributed by atoms with Gasteiger partial charge in [-0.25, -0.2) is 9.48 Å². The van der Waals surface area contributed by atoms with Gasteiger partial charge >= 0.3 is 5.69 Å². The van der Waals surface area contributed by atoms with Gasteiger partial charge in [-0.2, -0.15) is 5.10 Å². The maximum atomic E-state index is 11.7. The minimum Gasteiger partial charge on any atom is -0.282 e. The van der Waals surface area contributed by atoms with Crippen molar-refractivity contribution < 1.29 is 0 Å². The molecule has 0 aliphatic heterocycles. The van der Waals surface area contributed by atoms with Crippen LogP contribution in [0, 0.1) is 13.8 Å². The van der Waals surface area contributed by atoms with Crippen LogP contribution in [0.4, 0.5) is 0 Å². The molecule has 0 aliphatic carbocycles. The Morgan fingerprint density at radius 2 is 1.81 bits per heavy atom. The quantitative estimate of drug-likeness (QED) is 0.759. The van der Waals surface area contributed by atoms with E-state index in [1.807, 2.05) is 38.1 Å². The number of rotatable bonds is 2. The van der Waals surface area contributed by atoms with Crippen LogP contribution in [0.25, 0.3) is 0 Å². The number of aryl methyl sites for hydroxylation is 2. The summed E-state index contributed by atoms with van der Waals surface area (Å²) in [6, 6.07) is 8.11. The molecule has 0 bridgehead atoms. The van der Waals surface area contributed by atoms with E-state index >= 15 is 0 Å². The Bertz CT molecular complexity index is 549. The molecule has 4 heteroatoms. The molecule has 16 heavy (non-hydrogen) atoms. The molecule has 1 heterocycles. The summed E-state index contributed by atoms with van der Waals surface area (Å²) in [5.74, 6) is 0.733. The molecule has 2 rings (SSSR count). The molecule has 1 aromatic heterocycles. The minimum atomic E-state index is -0.0712. The van der Waals surface area contributed by atoms with Gasteiger partial charge in [-0.3, -0.25) is 4.57 Å². The highest BCUT2D eigenvalue weighted by atomic mass is 16.2. The summed E-state index contributed by atoms with van der Waals surface area (Å²) >= 11 is 0. The van der Waals surface area contributed by atoms with Gasteiger partial charge in [-0.1, -0.05) is 29.8 Å². The average molecular weight is 217 g/mol. The van der Waals surface area contributed by atoms with Gasteiger partial charge in [0, 0.05) is 7.05 Å². The van der Waals surface area contributed by atoms with Crippen molar-refractivity contribution in [1.29, 1.82) is 0 Å². The molecule has 0 saturated heterocycles. The fourth-order valence-corrected chi connectivity index (χ4v) is 1.57. The maximum absolute atomic E-state index is 11.7. The standard InChI is InChI=1S/C12H15N3O/c1-9-4-6-11(7-5-9)8-15-12(16)14(3)10(2)13-15/h4-7H,8H2,1-3H3. The normalized spacial score (nSPS) is 10.7. The first-order valence-electron chi connectivity index (χ1n) is 5.24. The first kappa shape index (κ1) is 10.7. The van der Waals surface area contributed by atoms with Crippen molar-refractivity contribution >= 4 is 0 Å². The van der Waals surface area contributed by atoms with Crippen molar-refractivity contribution in [1.82, 2.24) is 14.3 Å². The topological polar surface area (TPSA) is 39.8 Å². The number of hydrogen-bond acceptors (Lipinski definition) is 2. The molecule has 0 radical (unpaired) electrons. The van der Waals surface area contributed by atoms with E-state index in [1.54, 1.807) is 11.6 Å². The summed E-state index contributed by atoms with van der Waals surface area (Å²) in [6.07, 6.45) is 0. The zero-order valence-electron chi connectivity index (χ0n) is 9.77. The van der Waals surface area contributed by atoms with Crippen LogP contribution in [-0.4, -0.2) is 14.3 Å². The highest BCUT2D eigenvalue weighted by molar-refractivity contribution is 5.21. The highest BCUT2D eigenvalue weighted by Gasteiger charge is 2.06. The molecule has 0 aliphatic rings. The van der Waals surface area contributed by atoms with E-state index in [-0.39, 0.29) is 5.69 Å². The molecular formula is C12H15N3O. The third kappa shape index (κ3) is 1.91. The maximum Gasteiger partial charge on any atom is 0.345 e. The van der Waals surface area contributed by atoms with Gasteiger partial charge in [0.15, 0.2) is 0 Å². The highest BCUT2D eigenvalue weighted by Crippen LogP contribution is 2.03. The van der Waals surface area contributed by atoms with Crippen LogP contribution >= 0.6 is 0 Å².